The highest BCUT2D eigenvalue weighted by Gasteiger charge is 2.34. The molecule has 1 unspecified atom stereocenters. The van der Waals surface area contributed by atoms with Gasteiger partial charge in [-0.15, -0.1) is 0 Å². The average molecular weight is 578 g/mol. The molecule has 216 valence electrons. The van der Waals surface area contributed by atoms with Gasteiger partial charge in [-0.05, 0) is 53.4 Å². The van der Waals surface area contributed by atoms with E-state index in [1.165, 1.54) is 24.3 Å². The lowest BCUT2D eigenvalue weighted by Crippen LogP contribution is -2.54. The summed E-state index contributed by atoms with van der Waals surface area (Å²) in [4.78, 5) is 26.7. The maximum Gasteiger partial charge on any atom is 0.273 e. The molecule has 7 N–H and O–H groups in total. The Morgan fingerprint density at radius 3 is 2.15 bits per heavy atom. The van der Waals surface area contributed by atoms with Gasteiger partial charge >= 0.3 is 0 Å². The Morgan fingerprint density at radius 2 is 1.51 bits per heavy atom. The Labute approximate surface area is 239 Å². The summed E-state index contributed by atoms with van der Waals surface area (Å²) in [7, 11) is -3.77. The molecule has 2 amide bonds. The van der Waals surface area contributed by atoms with E-state index in [2.05, 4.69) is 20.5 Å². The number of amides is 2. The molecular weight excluding hydrogens is 542 g/mol. The lowest BCUT2D eigenvalue weighted by molar-refractivity contribution is -0.125. The molecular formula is C29H35N7O4S. The van der Waals surface area contributed by atoms with Gasteiger partial charge in [-0.3, -0.25) is 14.3 Å². The van der Waals surface area contributed by atoms with E-state index in [0.717, 1.165) is 11.1 Å². The summed E-state index contributed by atoms with van der Waals surface area (Å²) in [6, 6.07) is 19.7. The van der Waals surface area contributed by atoms with Crippen molar-refractivity contribution in [3.05, 3.63) is 84.1 Å². The van der Waals surface area contributed by atoms with E-state index in [-0.39, 0.29) is 23.7 Å². The highest BCUT2D eigenvalue weighted by Crippen LogP contribution is 2.23. The first-order chi connectivity index (χ1) is 19.3. The molecule has 0 radical (unpaired) electrons. The quantitative estimate of drug-likeness (QED) is 0.142. The average Bonchev–Trinajstić information content (AvgIpc) is 3.29. The van der Waals surface area contributed by atoms with E-state index < -0.39 is 33.3 Å². The molecule has 0 saturated heterocycles. The van der Waals surface area contributed by atoms with Crippen LogP contribution in [0.3, 0.4) is 0 Å². The number of hydrogen-bond acceptors (Lipinski definition) is 7. The highest BCUT2D eigenvalue weighted by molar-refractivity contribution is 7.89. The fraction of sp³-hybridized carbons (Fsp3) is 0.276. The summed E-state index contributed by atoms with van der Waals surface area (Å²) in [6.45, 7) is 5.92. The largest absolute Gasteiger partial charge is 0.399 e. The topological polar surface area (TPSA) is 174 Å². The zero-order valence-electron chi connectivity index (χ0n) is 23.2. The van der Waals surface area contributed by atoms with Crippen molar-refractivity contribution >= 4 is 44.1 Å². The SMILES string of the molecule is CC(C)(C)C(NC(=O)c1nn(Cc2ccc(N)cc2)c2ccccc12)C(=O)NCCNS(=O)(=O)c1ccc(N)cc1. The third-order valence-corrected chi connectivity index (χ3v) is 7.97. The zero-order valence-corrected chi connectivity index (χ0v) is 24.0. The highest BCUT2D eigenvalue weighted by atomic mass is 32.2. The molecule has 1 heterocycles. The van der Waals surface area contributed by atoms with Crippen molar-refractivity contribution in [2.24, 2.45) is 5.41 Å². The van der Waals surface area contributed by atoms with Crippen LogP contribution in [0.4, 0.5) is 11.4 Å². The lowest BCUT2D eigenvalue weighted by atomic mass is 9.86. The lowest BCUT2D eigenvalue weighted by Gasteiger charge is -2.30. The maximum atomic E-state index is 13.5. The number of nitrogens with one attached hydrogen (secondary N) is 3. The van der Waals surface area contributed by atoms with Gasteiger partial charge in [0.25, 0.3) is 5.91 Å². The molecule has 0 aliphatic rings. The Kier molecular flexibility index (Phi) is 8.64. The van der Waals surface area contributed by atoms with Gasteiger partial charge in [0, 0.05) is 29.9 Å². The van der Waals surface area contributed by atoms with Gasteiger partial charge in [-0.1, -0.05) is 51.1 Å². The molecule has 4 rings (SSSR count). The van der Waals surface area contributed by atoms with Crippen molar-refractivity contribution < 1.29 is 18.0 Å². The van der Waals surface area contributed by atoms with Crippen LogP contribution in [0.25, 0.3) is 10.9 Å². The minimum atomic E-state index is -3.77. The molecule has 0 aliphatic heterocycles. The van der Waals surface area contributed by atoms with Gasteiger partial charge in [0.1, 0.15) is 6.04 Å². The number of anilines is 2. The zero-order chi connectivity index (χ0) is 29.8. The minimum Gasteiger partial charge on any atom is -0.399 e. The van der Waals surface area contributed by atoms with E-state index in [1.54, 1.807) is 4.68 Å². The monoisotopic (exact) mass is 577 g/mol. The first-order valence-corrected chi connectivity index (χ1v) is 14.6. The van der Waals surface area contributed by atoms with Gasteiger partial charge in [-0.25, -0.2) is 13.1 Å². The van der Waals surface area contributed by atoms with Crippen molar-refractivity contribution in [2.75, 3.05) is 24.6 Å². The summed E-state index contributed by atoms with van der Waals surface area (Å²) in [5.41, 5.74) is 13.8. The van der Waals surface area contributed by atoms with Crippen molar-refractivity contribution in [2.45, 2.75) is 38.3 Å². The normalized spacial score (nSPS) is 12.7. The molecule has 0 saturated carbocycles. The van der Waals surface area contributed by atoms with Gasteiger partial charge < -0.3 is 22.1 Å². The molecule has 0 aliphatic carbocycles. The third kappa shape index (κ3) is 7.21. The molecule has 41 heavy (non-hydrogen) atoms. The summed E-state index contributed by atoms with van der Waals surface area (Å²) in [5.74, 6) is -0.931. The molecule has 12 heteroatoms. The number of nitrogens with zero attached hydrogens (tertiary/aromatic N) is 2. The van der Waals surface area contributed by atoms with Gasteiger partial charge in [0.2, 0.25) is 15.9 Å². The Hall–Kier alpha value is -4.42. The van der Waals surface area contributed by atoms with Gasteiger partial charge in [-0.2, -0.15) is 5.10 Å². The molecule has 0 fully saturated rings. The van der Waals surface area contributed by atoms with Crippen molar-refractivity contribution in [3.63, 3.8) is 0 Å². The van der Waals surface area contributed by atoms with Crippen molar-refractivity contribution in [1.29, 1.82) is 0 Å². The number of sulfonamides is 1. The molecule has 3 aromatic carbocycles. The second-order valence-corrected chi connectivity index (χ2v) is 12.6. The summed E-state index contributed by atoms with van der Waals surface area (Å²) >= 11 is 0. The van der Waals surface area contributed by atoms with Crippen LogP contribution in [-0.2, 0) is 21.4 Å². The molecule has 11 nitrogen and oxygen atoms in total. The first kappa shape index (κ1) is 29.6. The first-order valence-electron chi connectivity index (χ1n) is 13.1. The van der Waals surface area contributed by atoms with Crippen LogP contribution in [-0.4, -0.2) is 49.1 Å². The van der Waals surface area contributed by atoms with Crippen LogP contribution >= 0.6 is 0 Å². The van der Waals surface area contributed by atoms with Crippen LogP contribution in [0, 0.1) is 5.41 Å². The van der Waals surface area contributed by atoms with E-state index in [1.807, 2.05) is 69.3 Å². The van der Waals surface area contributed by atoms with Crippen LogP contribution < -0.4 is 26.8 Å². The molecule has 0 bridgehead atoms. The van der Waals surface area contributed by atoms with E-state index in [4.69, 9.17) is 11.5 Å². The maximum absolute atomic E-state index is 13.5. The fourth-order valence-corrected chi connectivity index (χ4v) is 5.32. The second kappa shape index (κ2) is 12.0. The van der Waals surface area contributed by atoms with E-state index in [0.29, 0.717) is 23.3 Å². The molecule has 0 spiro atoms. The van der Waals surface area contributed by atoms with Gasteiger partial charge in [0.05, 0.1) is 17.0 Å². The minimum absolute atomic E-state index is 0.0225. The fourth-order valence-electron chi connectivity index (χ4n) is 4.29. The summed E-state index contributed by atoms with van der Waals surface area (Å²) in [5, 5.41) is 10.8. The number of carbonyl (C=O) groups excluding carboxylic acids is 2. The molecule has 1 aromatic heterocycles. The van der Waals surface area contributed by atoms with Crippen LogP contribution in [0.15, 0.2) is 77.7 Å². The number of benzene rings is 3. The van der Waals surface area contributed by atoms with Gasteiger partial charge in [0.15, 0.2) is 5.69 Å². The van der Waals surface area contributed by atoms with E-state index in [9.17, 15) is 18.0 Å². The Morgan fingerprint density at radius 1 is 0.902 bits per heavy atom. The van der Waals surface area contributed by atoms with Crippen LogP contribution in [0.1, 0.15) is 36.8 Å². The number of hydrogen-bond donors (Lipinski definition) is 5. The predicted octanol–water partition coefficient (Wildman–Crippen LogP) is 2.49. The van der Waals surface area contributed by atoms with Crippen LogP contribution in [0.2, 0.25) is 0 Å². The number of nitrogens with two attached hydrogens (primary N) is 2. The van der Waals surface area contributed by atoms with Crippen molar-refractivity contribution in [3.8, 4) is 0 Å². The number of aromatic nitrogens is 2. The molecule has 4 aromatic rings. The summed E-state index contributed by atoms with van der Waals surface area (Å²) < 4.78 is 29.2. The Bertz CT molecular complexity index is 1640. The number of rotatable bonds is 10. The molecule has 1 atom stereocenters. The number of fused-ring (bicyclic) bond motifs is 1. The third-order valence-electron chi connectivity index (χ3n) is 6.50. The van der Waals surface area contributed by atoms with Crippen LogP contribution in [0.5, 0.6) is 0 Å². The smallest absolute Gasteiger partial charge is 0.273 e. The number of nitrogen functional groups attached to an aromatic ring is 2. The standard InChI is InChI=1S/C29H35N7O4S/c1-29(2,3)26(28(38)32-16-17-33-41(39,40)22-14-12-21(31)13-15-22)34-27(37)25-23-6-4-5-7-24(23)36(35-25)18-19-8-10-20(30)11-9-19/h4-15,26,33H,16-18,30-31H2,1-3H3,(H,32,38)(H,34,37). The van der Waals surface area contributed by atoms with Crippen molar-refractivity contribution in [1.82, 2.24) is 25.1 Å². The summed E-state index contributed by atoms with van der Waals surface area (Å²) in [6.07, 6.45) is 0. The predicted molar refractivity (Wildman–Crippen MR) is 159 cm³/mol. The number of carbonyl (C=O) groups is 2. The second-order valence-electron chi connectivity index (χ2n) is 10.8. The van der Waals surface area contributed by atoms with E-state index >= 15 is 0 Å². The number of para-hydroxylation sites is 1. The Balaban J connectivity index is 1.44.